The van der Waals surface area contributed by atoms with E-state index in [9.17, 15) is 14.9 Å². The van der Waals surface area contributed by atoms with Crippen LogP contribution in [-0.4, -0.2) is 42.1 Å². The number of hydrogen-bond acceptors (Lipinski definition) is 6. The van der Waals surface area contributed by atoms with Gasteiger partial charge in [0.25, 0.3) is 5.91 Å². The number of amides is 1. The van der Waals surface area contributed by atoms with Crippen LogP contribution in [0.15, 0.2) is 30.0 Å². The average Bonchev–Trinajstić information content (AvgIpc) is 2.95. The molecule has 2 aliphatic rings. The molecule has 2 atom stereocenters. The van der Waals surface area contributed by atoms with Crippen molar-refractivity contribution in [3.63, 3.8) is 0 Å². The fraction of sp³-hybridized carbons (Fsp3) is 0.421. The second-order valence-electron chi connectivity index (χ2n) is 6.83. The summed E-state index contributed by atoms with van der Waals surface area (Å²) in [5.74, 6) is 0.373. The van der Waals surface area contributed by atoms with Crippen molar-refractivity contribution in [1.29, 1.82) is 5.26 Å². The lowest BCUT2D eigenvalue weighted by molar-refractivity contribution is -0.171. The summed E-state index contributed by atoms with van der Waals surface area (Å²) < 4.78 is 16.8. The third-order valence-corrected chi connectivity index (χ3v) is 4.59. The largest absolute Gasteiger partial charge is 0.499 e. The Balaban J connectivity index is 2.13. The van der Waals surface area contributed by atoms with Crippen LogP contribution < -0.4 is 4.74 Å². The summed E-state index contributed by atoms with van der Waals surface area (Å²) in [4.78, 5) is 25.9. The van der Waals surface area contributed by atoms with Gasteiger partial charge in [0.1, 0.15) is 23.2 Å². The summed E-state index contributed by atoms with van der Waals surface area (Å²) in [6.45, 7) is 5.18. The SMILES string of the molecule is COC1=CC(=O)N([C@@H]2c3cc(C#N)ccc3OC(C)(C)[C@H]2OC(C)=O)C1. The Bertz CT molecular complexity index is 837. The number of ether oxygens (including phenoxy) is 3. The molecule has 0 aromatic heterocycles. The second kappa shape index (κ2) is 6.37. The molecule has 2 aliphatic heterocycles. The van der Waals surface area contributed by atoms with Crippen molar-refractivity contribution in [1.82, 2.24) is 4.90 Å². The van der Waals surface area contributed by atoms with Crippen molar-refractivity contribution in [2.24, 2.45) is 0 Å². The topological polar surface area (TPSA) is 88.9 Å². The number of methoxy groups -OCH3 is 1. The minimum Gasteiger partial charge on any atom is -0.499 e. The molecule has 7 heteroatoms. The number of nitriles is 1. The minimum absolute atomic E-state index is 0.241. The maximum Gasteiger partial charge on any atom is 0.303 e. The average molecular weight is 356 g/mol. The second-order valence-corrected chi connectivity index (χ2v) is 6.83. The third kappa shape index (κ3) is 2.99. The van der Waals surface area contributed by atoms with Gasteiger partial charge in [-0.05, 0) is 32.0 Å². The van der Waals surface area contributed by atoms with Crippen molar-refractivity contribution in [3.8, 4) is 11.8 Å². The fourth-order valence-electron chi connectivity index (χ4n) is 3.41. The smallest absolute Gasteiger partial charge is 0.303 e. The molecular formula is C19H20N2O5. The van der Waals surface area contributed by atoms with Gasteiger partial charge in [-0.25, -0.2) is 0 Å². The molecule has 1 amide bonds. The van der Waals surface area contributed by atoms with E-state index in [1.165, 1.54) is 20.1 Å². The molecule has 0 N–H and O–H groups in total. The van der Waals surface area contributed by atoms with E-state index >= 15 is 0 Å². The molecule has 0 radical (unpaired) electrons. The zero-order valence-corrected chi connectivity index (χ0v) is 15.1. The highest BCUT2D eigenvalue weighted by atomic mass is 16.6. The van der Waals surface area contributed by atoms with Crippen LogP contribution in [0, 0.1) is 11.3 Å². The van der Waals surface area contributed by atoms with Gasteiger partial charge >= 0.3 is 5.97 Å². The number of nitrogens with zero attached hydrogens (tertiary/aromatic N) is 2. The molecule has 1 aromatic carbocycles. The normalized spacial score (nSPS) is 23.4. The fourth-order valence-corrected chi connectivity index (χ4v) is 3.41. The van der Waals surface area contributed by atoms with Gasteiger partial charge in [0, 0.05) is 18.6 Å². The summed E-state index contributed by atoms with van der Waals surface area (Å²) in [5, 5.41) is 9.25. The Hall–Kier alpha value is -3.01. The molecule has 7 nitrogen and oxygen atoms in total. The van der Waals surface area contributed by atoms with Gasteiger partial charge in [-0.2, -0.15) is 5.26 Å². The van der Waals surface area contributed by atoms with Crippen molar-refractivity contribution >= 4 is 11.9 Å². The minimum atomic E-state index is -0.867. The van der Waals surface area contributed by atoms with E-state index < -0.39 is 23.7 Å². The van der Waals surface area contributed by atoms with Crippen molar-refractivity contribution < 1.29 is 23.8 Å². The lowest BCUT2D eigenvalue weighted by atomic mass is 9.84. The maximum atomic E-state index is 12.6. The number of benzene rings is 1. The summed E-state index contributed by atoms with van der Waals surface area (Å²) in [5.41, 5.74) is 0.201. The highest BCUT2D eigenvalue weighted by Crippen LogP contribution is 2.45. The number of esters is 1. The zero-order chi connectivity index (χ0) is 19.1. The molecule has 136 valence electrons. The molecule has 26 heavy (non-hydrogen) atoms. The van der Waals surface area contributed by atoms with Crippen molar-refractivity contribution in [3.05, 3.63) is 41.2 Å². The predicted octanol–water partition coefficient (Wildman–Crippen LogP) is 2.07. The molecule has 3 rings (SSSR count). The third-order valence-electron chi connectivity index (χ3n) is 4.59. The van der Waals surface area contributed by atoms with E-state index in [1.807, 2.05) is 0 Å². The van der Waals surface area contributed by atoms with Crippen LogP contribution in [0.25, 0.3) is 0 Å². The molecule has 0 aliphatic carbocycles. The van der Waals surface area contributed by atoms with Gasteiger partial charge in [-0.15, -0.1) is 0 Å². The van der Waals surface area contributed by atoms with Gasteiger partial charge in [0.15, 0.2) is 6.10 Å². The molecule has 1 aromatic rings. The lowest BCUT2D eigenvalue weighted by Gasteiger charge is -2.46. The Morgan fingerprint density at radius 1 is 1.42 bits per heavy atom. The Kier molecular flexibility index (Phi) is 4.36. The van der Waals surface area contributed by atoms with E-state index in [-0.39, 0.29) is 12.5 Å². The molecule has 0 saturated heterocycles. The van der Waals surface area contributed by atoms with Gasteiger partial charge < -0.3 is 19.1 Å². The first-order valence-corrected chi connectivity index (χ1v) is 8.22. The van der Waals surface area contributed by atoms with E-state index in [0.29, 0.717) is 22.6 Å². The highest BCUT2D eigenvalue weighted by molar-refractivity contribution is 5.91. The van der Waals surface area contributed by atoms with Crippen molar-refractivity contribution in [2.45, 2.75) is 38.5 Å². The van der Waals surface area contributed by atoms with Crippen LogP contribution >= 0.6 is 0 Å². The lowest BCUT2D eigenvalue weighted by Crippen LogP contribution is -2.55. The van der Waals surface area contributed by atoms with E-state index in [0.717, 1.165) is 0 Å². The maximum absolute atomic E-state index is 12.6. The van der Waals surface area contributed by atoms with E-state index in [2.05, 4.69) is 6.07 Å². The number of rotatable bonds is 3. The molecule has 0 unspecified atom stereocenters. The Morgan fingerprint density at radius 2 is 2.15 bits per heavy atom. The first kappa shape index (κ1) is 17.8. The molecule has 2 heterocycles. The Labute approximate surface area is 151 Å². The van der Waals surface area contributed by atoms with E-state index in [1.54, 1.807) is 36.9 Å². The quantitative estimate of drug-likeness (QED) is 0.771. The Morgan fingerprint density at radius 3 is 2.73 bits per heavy atom. The van der Waals surface area contributed by atoms with Crippen molar-refractivity contribution in [2.75, 3.05) is 13.7 Å². The molecular weight excluding hydrogens is 336 g/mol. The molecule has 0 fully saturated rings. The molecule has 0 spiro atoms. The number of hydrogen-bond donors (Lipinski definition) is 0. The first-order chi connectivity index (χ1) is 12.3. The molecule has 0 bridgehead atoms. The number of carbonyl (C=O) groups excluding carboxylic acids is 2. The number of carbonyl (C=O) groups is 2. The molecule has 0 saturated carbocycles. The van der Waals surface area contributed by atoms with Crippen LogP contribution in [0.1, 0.15) is 37.9 Å². The predicted molar refractivity (Wildman–Crippen MR) is 91.0 cm³/mol. The van der Waals surface area contributed by atoms with Gasteiger partial charge in [0.2, 0.25) is 0 Å². The highest BCUT2D eigenvalue weighted by Gasteiger charge is 2.50. The van der Waals surface area contributed by atoms with E-state index in [4.69, 9.17) is 14.2 Å². The van der Waals surface area contributed by atoms with Gasteiger partial charge in [-0.3, -0.25) is 9.59 Å². The van der Waals surface area contributed by atoms with Gasteiger partial charge in [-0.1, -0.05) is 0 Å². The van der Waals surface area contributed by atoms with Gasteiger partial charge in [0.05, 0.1) is 25.3 Å². The zero-order valence-electron chi connectivity index (χ0n) is 15.1. The van der Waals surface area contributed by atoms with Crippen LogP contribution in [0.2, 0.25) is 0 Å². The van der Waals surface area contributed by atoms with Crippen LogP contribution in [0.5, 0.6) is 5.75 Å². The number of fused-ring (bicyclic) bond motifs is 1. The summed E-state index contributed by atoms with van der Waals surface area (Å²) in [6, 6.07) is 6.53. The first-order valence-electron chi connectivity index (χ1n) is 8.22. The van der Waals surface area contributed by atoms with Crippen LogP contribution in [0.4, 0.5) is 0 Å². The van der Waals surface area contributed by atoms with Crippen LogP contribution in [-0.2, 0) is 19.1 Å². The summed E-state index contributed by atoms with van der Waals surface area (Å²) in [7, 11) is 1.50. The summed E-state index contributed by atoms with van der Waals surface area (Å²) >= 11 is 0. The monoisotopic (exact) mass is 356 g/mol. The van der Waals surface area contributed by atoms with Crippen LogP contribution in [0.3, 0.4) is 0 Å². The summed E-state index contributed by atoms with van der Waals surface area (Å²) in [6.07, 6.45) is 0.677. The standard InChI is InChI=1S/C19H20N2O5/c1-11(22)25-18-17(21-10-13(24-4)8-16(21)23)14-7-12(9-20)5-6-15(14)26-19(18,2)3/h5-8,17-18H,10H2,1-4H3/t17-,18+/m1/s1.